The predicted molar refractivity (Wildman–Crippen MR) is 129 cm³/mol. The molecular formula is C26H26ClN3O3. The molecule has 1 N–H and O–H groups in total. The third-order valence-corrected chi connectivity index (χ3v) is 6.43. The van der Waals surface area contributed by atoms with Gasteiger partial charge in [0.2, 0.25) is 0 Å². The van der Waals surface area contributed by atoms with Crippen LogP contribution < -0.4 is 10.3 Å². The van der Waals surface area contributed by atoms with Crippen molar-refractivity contribution in [2.24, 2.45) is 0 Å². The number of aliphatic hydroxyl groups excluding tert-OH is 1. The van der Waals surface area contributed by atoms with Crippen LogP contribution in [0.5, 0.6) is 5.75 Å². The fourth-order valence-electron chi connectivity index (χ4n) is 4.47. The van der Waals surface area contributed by atoms with E-state index in [1.54, 1.807) is 35.2 Å². The van der Waals surface area contributed by atoms with Crippen LogP contribution in [0.25, 0.3) is 11.8 Å². The number of aliphatic hydroxyl groups is 1. The zero-order valence-corrected chi connectivity index (χ0v) is 19.0. The van der Waals surface area contributed by atoms with E-state index in [1.807, 2.05) is 0 Å². The van der Waals surface area contributed by atoms with Crippen molar-refractivity contribution < 1.29 is 9.84 Å². The second-order valence-electron chi connectivity index (χ2n) is 8.67. The summed E-state index contributed by atoms with van der Waals surface area (Å²) < 4.78 is 7.42. The topological polar surface area (TPSA) is 67.6 Å². The van der Waals surface area contributed by atoms with E-state index in [4.69, 9.17) is 16.3 Å². The Balaban J connectivity index is 1.27. The second kappa shape index (κ2) is 9.51. The first-order chi connectivity index (χ1) is 16.0. The van der Waals surface area contributed by atoms with Crippen molar-refractivity contribution in [1.82, 2.24) is 14.5 Å². The summed E-state index contributed by atoms with van der Waals surface area (Å²) in [6.07, 6.45) is 7.80. The fourth-order valence-corrected chi connectivity index (χ4v) is 4.58. The lowest BCUT2D eigenvalue weighted by Gasteiger charge is -2.21. The van der Waals surface area contributed by atoms with Crippen molar-refractivity contribution in [1.29, 1.82) is 0 Å². The van der Waals surface area contributed by atoms with Gasteiger partial charge in [0, 0.05) is 43.8 Å². The molecule has 1 fully saturated rings. The third kappa shape index (κ3) is 5.19. The highest BCUT2D eigenvalue weighted by Gasteiger charge is 2.20. The number of ether oxygens (including phenoxy) is 1. The molecule has 2 aromatic heterocycles. The Labute approximate surface area is 197 Å². The number of fused-ring (bicyclic) bond motifs is 1. The summed E-state index contributed by atoms with van der Waals surface area (Å²) in [6.45, 7) is 2.84. The van der Waals surface area contributed by atoms with Crippen LogP contribution in [-0.4, -0.2) is 38.8 Å². The van der Waals surface area contributed by atoms with Crippen molar-refractivity contribution in [3.63, 3.8) is 0 Å². The van der Waals surface area contributed by atoms with Crippen molar-refractivity contribution >= 4 is 23.4 Å². The Morgan fingerprint density at radius 1 is 1.15 bits per heavy atom. The highest BCUT2D eigenvalue weighted by molar-refractivity contribution is 6.30. The van der Waals surface area contributed by atoms with E-state index in [2.05, 4.69) is 34.2 Å². The van der Waals surface area contributed by atoms with E-state index in [1.165, 1.54) is 17.2 Å². The molecule has 5 rings (SSSR count). The molecule has 6 nitrogen and oxygen atoms in total. The summed E-state index contributed by atoms with van der Waals surface area (Å²) in [6, 6.07) is 13.4. The molecule has 0 saturated carbocycles. The van der Waals surface area contributed by atoms with Gasteiger partial charge in [-0.1, -0.05) is 29.8 Å². The molecule has 0 amide bonds. The standard InChI is InChI=1S/C26H26ClN3O3/c27-21-4-5-22(28-14-21)17-33-25-8-10-30(26(32)13-25)23-6-3-19-11-18(1-2-20(19)12-23)15-29-9-7-24(31)16-29/h1-2,4-5,8,10-14,24,31H,3,6-7,9,15-17H2/t24-/m1/s1. The van der Waals surface area contributed by atoms with E-state index in [0.29, 0.717) is 10.8 Å². The smallest absolute Gasteiger partial charge is 0.258 e. The van der Waals surface area contributed by atoms with Gasteiger partial charge >= 0.3 is 0 Å². The number of nitrogens with zero attached hydrogens (tertiary/aromatic N) is 3. The molecule has 1 aromatic carbocycles. The number of aromatic nitrogens is 2. The molecule has 3 heterocycles. The summed E-state index contributed by atoms with van der Waals surface area (Å²) in [5.74, 6) is 0.515. The van der Waals surface area contributed by atoms with E-state index < -0.39 is 0 Å². The number of allylic oxidation sites excluding steroid dienone is 1. The number of aryl methyl sites for hydroxylation is 1. The largest absolute Gasteiger partial charge is 0.487 e. The minimum absolute atomic E-state index is 0.115. The van der Waals surface area contributed by atoms with Gasteiger partial charge in [0.05, 0.1) is 16.8 Å². The highest BCUT2D eigenvalue weighted by atomic mass is 35.5. The SMILES string of the molecule is O=c1cc(OCc2ccc(Cl)cn2)ccn1C1=Cc2ccc(CN3CC[C@@H](O)C3)cc2CC1. The number of β-amino-alcohol motifs (C(OH)–C–C–N with tert-alkyl or cyclic N) is 1. The van der Waals surface area contributed by atoms with E-state index in [9.17, 15) is 9.90 Å². The molecule has 1 aliphatic carbocycles. The first kappa shape index (κ1) is 21.9. The molecule has 7 heteroatoms. The van der Waals surface area contributed by atoms with Crippen molar-refractivity contribution in [3.8, 4) is 5.75 Å². The molecule has 0 unspecified atom stereocenters. The minimum atomic E-state index is -0.197. The number of rotatable bonds is 6. The Hall–Kier alpha value is -2.93. The number of likely N-dealkylation sites (tertiary alicyclic amines) is 1. The Morgan fingerprint density at radius 3 is 2.82 bits per heavy atom. The molecule has 2 aliphatic rings. The first-order valence-corrected chi connectivity index (χ1v) is 11.6. The summed E-state index contributed by atoms with van der Waals surface area (Å²) in [5, 5.41) is 10.3. The second-order valence-corrected chi connectivity index (χ2v) is 9.11. The Bertz CT molecular complexity index is 1240. The molecule has 33 heavy (non-hydrogen) atoms. The van der Waals surface area contributed by atoms with Gasteiger partial charge in [-0.15, -0.1) is 0 Å². The molecule has 3 aromatic rings. The maximum atomic E-state index is 12.8. The first-order valence-electron chi connectivity index (χ1n) is 11.2. The van der Waals surface area contributed by atoms with Crippen molar-refractivity contribution in [3.05, 3.63) is 92.6 Å². The quantitative estimate of drug-likeness (QED) is 0.598. The van der Waals surface area contributed by atoms with E-state index in [0.717, 1.165) is 55.9 Å². The average molecular weight is 464 g/mol. The monoisotopic (exact) mass is 463 g/mol. The molecule has 1 saturated heterocycles. The van der Waals surface area contributed by atoms with Gasteiger partial charge in [0.25, 0.3) is 5.56 Å². The van der Waals surface area contributed by atoms with Crippen LogP contribution in [0, 0.1) is 0 Å². The summed E-state index contributed by atoms with van der Waals surface area (Å²) in [5.41, 5.74) is 5.34. The summed E-state index contributed by atoms with van der Waals surface area (Å²) >= 11 is 5.86. The van der Waals surface area contributed by atoms with Gasteiger partial charge in [-0.3, -0.25) is 19.2 Å². The van der Waals surface area contributed by atoms with Crippen LogP contribution in [0.15, 0.2) is 59.7 Å². The van der Waals surface area contributed by atoms with Crippen LogP contribution >= 0.6 is 11.6 Å². The van der Waals surface area contributed by atoms with Gasteiger partial charge in [0.1, 0.15) is 12.4 Å². The van der Waals surface area contributed by atoms with Crippen LogP contribution in [0.2, 0.25) is 5.02 Å². The molecule has 1 aliphatic heterocycles. The zero-order chi connectivity index (χ0) is 22.8. The number of hydrogen-bond acceptors (Lipinski definition) is 5. The Kier molecular flexibility index (Phi) is 6.31. The van der Waals surface area contributed by atoms with Crippen LogP contribution in [0.1, 0.15) is 35.2 Å². The average Bonchev–Trinajstić information content (AvgIpc) is 3.23. The maximum absolute atomic E-state index is 12.8. The molecule has 0 bridgehead atoms. The van der Waals surface area contributed by atoms with E-state index >= 15 is 0 Å². The van der Waals surface area contributed by atoms with Gasteiger partial charge in [-0.05, 0) is 60.2 Å². The molecule has 1 atom stereocenters. The normalized spacial score (nSPS) is 18.1. The minimum Gasteiger partial charge on any atom is -0.487 e. The number of hydrogen-bond donors (Lipinski definition) is 1. The predicted octanol–water partition coefficient (Wildman–Crippen LogP) is 3.99. The Morgan fingerprint density at radius 2 is 2.06 bits per heavy atom. The lowest BCUT2D eigenvalue weighted by Crippen LogP contribution is -2.22. The van der Waals surface area contributed by atoms with Gasteiger partial charge in [-0.25, -0.2) is 0 Å². The lowest BCUT2D eigenvalue weighted by atomic mass is 9.93. The number of halogens is 1. The molecule has 0 radical (unpaired) electrons. The van der Waals surface area contributed by atoms with Crippen LogP contribution in [-0.2, 0) is 19.6 Å². The number of pyridine rings is 2. The third-order valence-electron chi connectivity index (χ3n) is 6.21. The van der Waals surface area contributed by atoms with Crippen LogP contribution in [0.4, 0.5) is 0 Å². The fraction of sp³-hybridized carbons (Fsp3) is 0.308. The van der Waals surface area contributed by atoms with E-state index in [-0.39, 0.29) is 18.3 Å². The maximum Gasteiger partial charge on any atom is 0.258 e. The van der Waals surface area contributed by atoms with Crippen LogP contribution in [0.3, 0.4) is 0 Å². The summed E-state index contributed by atoms with van der Waals surface area (Å²) in [4.78, 5) is 19.3. The molecule has 0 spiro atoms. The molecular weight excluding hydrogens is 438 g/mol. The van der Waals surface area contributed by atoms with Crippen molar-refractivity contribution in [2.75, 3.05) is 13.1 Å². The van der Waals surface area contributed by atoms with Gasteiger partial charge < -0.3 is 9.84 Å². The zero-order valence-electron chi connectivity index (χ0n) is 18.3. The van der Waals surface area contributed by atoms with Gasteiger partial charge in [0.15, 0.2) is 0 Å². The molecule has 170 valence electrons. The highest BCUT2D eigenvalue weighted by Crippen LogP contribution is 2.28. The lowest BCUT2D eigenvalue weighted by molar-refractivity contribution is 0.175. The van der Waals surface area contributed by atoms with Gasteiger partial charge in [-0.2, -0.15) is 0 Å². The van der Waals surface area contributed by atoms with Crippen molar-refractivity contribution in [2.45, 2.75) is 38.5 Å². The summed E-state index contributed by atoms with van der Waals surface area (Å²) in [7, 11) is 0. The number of benzene rings is 1.